The lowest BCUT2D eigenvalue weighted by Gasteiger charge is -2.64. The van der Waals surface area contributed by atoms with Crippen LogP contribution in [0.5, 0.6) is 0 Å². The van der Waals surface area contributed by atoms with Gasteiger partial charge in [-0.25, -0.2) is 0 Å². The third-order valence-electron chi connectivity index (χ3n) is 27.8. The second kappa shape index (κ2) is 82.4. The van der Waals surface area contributed by atoms with Crippen LogP contribution < -0.4 is 16.0 Å². The van der Waals surface area contributed by atoms with E-state index in [4.69, 9.17) is 28.4 Å². The lowest BCUT2D eigenvalue weighted by molar-refractivity contribution is -0.188. The van der Waals surface area contributed by atoms with E-state index < -0.39 is 16.2 Å². The molecule has 0 atom stereocenters. The third kappa shape index (κ3) is 62.0. The second-order valence-electron chi connectivity index (χ2n) is 40.1. The Kier molecular flexibility index (Phi) is 75.6. The molecule has 0 aromatic heterocycles. The largest absolute Gasteiger partial charge is 0.466 e. The maximum absolute atomic E-state index is 15.2. The number of carbonyl (C=O) groups is 9. The fraction of sp³-hybridized carbons (Fsp3) is 0.917. The summed E-state index contributed by atoms with van der Waals surface area (Å²) in [4.78, 5) is 130. The Morgan fingerprint density at radius 2 is 0.362 bits per heavy atom. The zero-order chi connectivity index (χ0) is 94.0. The van der Waals surface area contributed by atoms with Gasteiger partial charge in [-0.1, -0.05) is 311 Å². The van der Waals surface area contributed by atoms with E-state index >= 15 is 14.4 Å². The smallest absolute Gasteiger partial charge is 0.305 e. The van der Waals surface area contributed by atoms with Crippen molar-refractivity contribution in [3.63, 3.8) is 0 Å². The number of hydrogen-bond acceptors (Lipinski definition) is 18. The van der Waals surface area contributed by atoms with Crippen molar-refractivity contribution in [3.8, 4) is 0 Å². The van der Waals surface area contributed by atoms with Crippen molar-refractivity contribution in [2.75, 3.05) is 118 Å². The summed E-state index contributed by atoms with van der Waals surface area (Å²) in [5, 5.41) is 10.2. The average molecular weight is 1840 g/mol. The highest BCUT2D eigenvalue weighted by Gasteiger charge is 2.69. The molecule has 0 aromatic rings. The number of rotatable bonds is 96. The molecule has 0 radical (unpaired) electrons. The predicted molar refractivity (Wildman–Crippen MR) is 531 cm³/mol. The number of nitrogens with one attached hydrogen (secondary N) is 3. The molecule has 0 unspecified atom stereocenters. The van der Waals surface area contributed by atoms with Crippen molar-refractivity contribution in [1.29, 1.82) is 0 Å². The van der Waals surface area contributed by atoms with Crippen LogP contribution in [-0.2, 0) is 71.6 Å². The highest BCUT2D eigenvalue weighted by atomic mass is 16.6. The van der Waals surface area contributed by atoms with Crippen molar-refractivity contribution in [2.45, 2.75) is 504 Å². The molecule has 4 bridgehead atoms. The lowest BCUT2D eigenvalue weighted by atomic mass is 9.39. The topological polar surface area (TPSA) is 255 Å². The molecule has 0 aliphatic heterocycles. The summed E-state index contributed by atoms with van der Waals surface area (Å²) in [7, 11) is 0. The number of carbonyl (C=O) groups excluding carboxylic acids is 9. The maximum Gasteiger partial charge on any atom is 0.305 e. The summed E-state index contributed by atoms with van der Waals surface area (Å²) in [6.45, 7) is 24.7. The van der Waals surface area contributed by atoms with Crippen molar-refractivity contribution in [1.82, 2.24) is 30.7 Å². The first-order valence-corrected chi connectivity index (χ1v) is 55.5. The highest BCUT2D eigenvalue weighted by molar-refractivity contribution is 5.92. The van der Waals surface area contributed by atoms with E-state index in [-0.39, 0.29) is 59.5 Å². The first kappa shape index (κ1) is 119. The van der Waals surface area contributed by atoms with Gasteiger partial charge in [-0.3, -0.25) is 43.2 Å². The van der Waals surface area contributed by atoms with Crippen molar-refractivity contribution in [3.05, 3.63) is 0 Å². The molecule has 4 rings (SSSR count). The van der Waals surface area contributed by atoms with Gasteiger partial charge in [0.15, 0.2) is 0 Å². The Bertz CT molecular complexity index is 2400. The number of nitrogens with zero attached hydrogens (tertiary/aromatic N) is 3. The maximum atomic E-state index is 15.2. The Balaban J connectivity index is 1.70. The molecule has 4 aliphatic rings. The second-order valence-corrected chi connectivity index (χ2v) is 40.1. The number of ether oxygens (including phenoxy) is 6. The molecule has 3 amide bonds. The van der Waals surface area contributed by atoms with Crippen LogP contribution in [0.2, 0.25) is 0 Å². The van der Waals surface area contributed by atoms with Crippen molar-refractivity contribution >= 4 is 53.5 Å². The minimum Gasteiger partial charge on any atom is -0.466 e. The molecule has 0 saturated heterocycles. The van der Waals surface area contributed by atoms with Gasteiger partial charge < -0.3 is 59.1 Å². The molecule has 0 heterocycles. The minimum absolute atomic E-state index is 0.0305. The molecule has 130 heavy (non-hydrogen) atoms. The van der Waals surface area contributed by atoms with E-state index in [9.17, 15) is 28.8 Å². The average Bonchev–Trinajstić information content (AvgIpc) is 0.689. The van der Waals surface area contributed by atoms with Gasteiger partial charge in [-0.05, 0) is 219 Å². The van der Waals surface area contributed by atoms with E-state index in [0.29, 0.717) is 175 Å². The summed E-state index contributed by atoms with van der Waals surface area (Å²) >= 11 is 0. The van der Waals surface area contributed by atoms with Gasteiger partial charge in [-0.15, -0.1) is 0 Å². The Labute approximate surface area is 795 Å². The summed E-state index contributed by atoms with van der Waals surface area (Å²) in [5.41, 5.74) is -2.56. The first-order chi connectivity index (χ1) is 63.5. The van der Waals surface area contributed by atoms with Crippen LogP contribution in [0.4, 0.5) is 0 Å². The fourth-order valence-electron chi connectivity index (χ4n) is 20.4. The highest BCUT2D eigenvalue weighted by Crippen LogP contribution is 2.70. The van der Waals surface area contributed by atoms with Gasteiger partial charge in [-0.2, -0.15) is 0 Å². The van der Waals surface area contributed by atoms with Crippen LogP contribution >= 0.6 is 0 Å². The van der Waals surface area contributed by atoms with Crippen LogP contribution in [0.25, 0.3) is 0 Å². The fourth-order valence-corrected chi connectivity index (χ4v) is 20.4. The molecule has 4 aliphatic carbocycles. The number of amides is 3. The molecule has 4 saturated carbocycles. The summed E-state index contributed by atoms with van der Waals surface area (Å²) in [6.07, 6.45) is 69.5. The molecule has 4 fully saturated rings. The van der Waals surface area contributed by atoms with Gasteiger partial charge >= 0.3 is 35.8 Å². The molecule has 0 aromatic carbocycles. The van der Waals surface area contributed by atoms with Crippen LogP contribution in [0.15, 0.2) is 0 Å². The minimum atomic E-state index is -0.852. The molecule has 21 nitrogen and oxygen atoms in total. The van der Waals surface area contributed by atoms with E-state index in [1.165, 1.54) is 193 Å². The van der Waals surface area contributed by atoms with Crippen LogP contribution in [0, 0.1) is 22.2 Å². The normalized spacial score (nSPS) is 16.8. The summed E-state index contributed by atoms with van der Waals surface area (Å²) in [5.74, 6) is -0.895. The Morgan fingerprint density at radius 3 is 0.546 bits per heavy atom. The monoisotopic (exact) mass is 1840 g/mol. The molecule has 0 spiro atoms. The number of esters is 6. The van der Waals surface area contributed by atoms with Gasteiger partial charge in [0.25, 0.3) is 0 Å². The van der Waals surface area contributed by atoms with E-state index in [1.54, 1.807) is 0 Å². The Hall–Kier alpha value is -4.89. The lowest BCUT2D eigenvalue weighted by Crippen LogP contribution is -2.67. The van der Waals surface area contributed by atoms with E-state index in [1.807, 2.05) is 0 Å². The SMILES string of the molecule is CCCCCCCCCOC(=O)CCCN(CCCCCCNC(=O)C12CC3CC(C(=O)NCCCCCCN(CCCC(=O)OCCCCCCCCC)CCCC(=O)OCCCCCCCCC)(C1)CC(C(=O)NCCCCCCN(CCCC(=O)OCCCCCCCCC)CCCC(=O)OCCCCCCCCC)(C3)C2)CCCC(=O)OCCCCCCCCC. The van der Waals surface area contributed by atoms with Crippen LogP contribution in [-0.4, -0.2) is 186 Å². The first-order valence-electron chi connectivity index (χ1n) is 55.5. The molecule has 21 heteroatoms. The standard InChI is InChI=1S/C109H202N6O15/c1-7-13-19-25-31-43-55-85-125-98(116)67-61-79-113(80-62-68-99(117)126-86-56-44-32-26-20-14-8-2)76-52-40-37-49-73-110-104(122)107-91-97-92-108(94-107,105(123)111-74-50-38-41-53-77-114(81-63-69-100(118)127-87-57-45-33-27-21-15-9-3)82-64-70-101(119)128-88-58-46-34-28-22-16-10-4)96-109(93-97,95-107)106(124)112-75-51-39-42-54-78-115(83-65-71-102(120)129-89-59-47-35-29-23-17-11-5)84-66-72-103(121)130-90-60-48-36-30-24-18-12-6/h97H,7-96H2,1-6H3,(H,110,122)(H,111,123)(H,112,124). The number of hydrogen-bond donors (Lipinski definition) is 3. The predicted octanol–water partition coefficient (Wildman–Crippen LogP) is 25.3. The zero-order valence-electron chi connectivity index (χ0n) is 85.2. The van der Waals surface area contributed by atoms with E-state index in [2.05, 4.69) is 72.2 Å². The summed E-state index contributed by atoms with van der Waals surface area (Å²) < 4.78 is 33.9. The number of unbranched alkanes of at least 4 members (excludes halogenated alkanes) is 45. The van der Waals surface area contributed by atoms with Crippen LogP contribution in [0.1, 0.15) is 504 Å². The van der Waals surface area contributed by atoms with Gasteiger partial charge in [0, 0.05) is 58.2 Å². The van der Waals surface area contributed by atoms with Gasteiger partial charge in [0.2, 0.25) is 17.7 Å². The van der Waals surface area contributed by atoms with Gasteiger partial charge in [0.05, 0.1) is 55.9 Å². The van der Waals surface area contributed by atoms with Crippen molar-refractivity contribution < 1.29 is 71.6 Å². The molecular weight excluding hydrogens is 1630 g/mol. The zero-order valence-corrected chi connectivity index (χ0v) is 85.2. The third-order valence-corrected chi connectivity index (χ3v) is 27.8. The molecule has 758 valence electrons. The Morgan fingerprint density at radius 1 is 0.208 bits per heavy atom. The quantitative estimate of drug-likeness (QED) is 0.0291. The van der Waals surface area contributed by atoms with Gasteiger partial charge in [0.1, 0.15) is 0 Å². The summed E-state index contributed by atoms with van der Waals surface area (Å²) in [6, 6.07) is 0. The van der Waals surface area contributed by atoms with E-state index in [0.717, 1.165) is 213 Å². The molecular formula is C109H202N6O15. The van der Waals surface area contributed by atoms with Crippen LogP contribution in [0.3, 0.4) is 0 Å². The molecule has 3 N–H and O–H groups in total. The van der Waals surface area contributed by atoms with Crippen molar-refractivity contribution in [2.24, 2.45) is 22.2 Å².